The Bertz CT molecular complexity index is 1350. The molecule has 4 bridgehead atoms. The van der Waals surface area contributed by atoms with Gasteiger partial charge in [-0.05, 0) is 94.0 Å². The lowest BCUT2D eigenvalue weighted by atomic mass is 9.82. The Morgan fingerprint density at radius 2 is 1.13 bits per heavy atom. The molecule has 2 aliphatic heterocycles. The van der Waals surface area contributed by atoms with Gasteiger partial charge in [-0.1, -0.05) is 0 Å². The average Bonchev–Trinajstić information content (AvgIpc) is 3.39. The third-order valence-corrected chi connectivity index (χ3v) is 8.39. The molecule has 0 radical (unpaired) electrons. The van der Waals surface area contributed by atoms with Gasteiger partial charge in [-0.25, -0.2) is 4.79 Å². The summed E-state index contributed by atoms with van der Waals surface area (Å²) in [6.07, 6.45) is 0.119. The van der Waals surface area contributed by atoms with Gasteiger partial charge in [0.25, 0.3) is 0 Å². The van der Waals surface area contributed by atoms with Crippen molar-refractivity contribution in [1.82, 2.24) is 0 Å². The summed E-state index contributed by atoms with van der Waals surface area (Å²) in [5.41, 5.74) is 6.95. The van der Waals surface area contributed by atoms with Crippen molar-refractivity contribution in [3.63, 3.8) is 0 Å². The predicted molar refractivity (Wildman–Crippen MR) is 142 cm³/mol. The van der Waals surface area contributed by atoms with Crippen LogP contribution in [0.15, 0.2) is 48.5 Å². The Morgan fingerprint density at radius 1 is 0.744 bits per heavy atom. The number of rotatable bonds is 3. The third kappa shape index (κ3) is 3.97. The molecule has 202 valence electrons. The number of hydrogen-bond acceptors (Lipinski definition) is 7. The SMILES string of the molecule is CC(C)(C)OC(=O)Nc1ccc(N2C(=O)C3CC(C2=O)C2C4CC(C(=O)N(c5ccc(N)cc5)C4=O)C32)cc1. The van der Waals surface area contributed by atoms with Gasteiger partial charge in [0.15, 0.2) is 0 Å². The number of piperidine rings is 2. The molecule has 2 saturated heterocycles. The van der Waals surface area contributed by atoms with E-state index in [1.54, 1.807) is 69.3 Å². The highest BCUT2D eigenvalue weighted by Crippen LogP contribution is 2.62. The Kier molecular flexibility index (Phi) is 5.57. The van der Waals surface area contributed by atoms with E-state index in [1.165, 1.54) is 9.80 Å². The molecule has 10 heteroatoms. The topological polar surface area (TPSA) is 139 Å². The second kappa shape index (κ2) is 8.65. The monoisotopic (exact) mass is 530 g/mol. The molecule has 6 rings (SSSR count). The molecule has 3 N–H and O–H groups in total. The lowest BCUT2D eigenvalue weighted by molar-refractivity contribution is -0.136. The smallest absolute Gasteiger partial charge is 0.412 e. The van der Waals surface area contributed by atoms with Crippen molar-refractivity contribution < 1.29 is 28.7 Å². The van der Waals surface area contributed by atoms with E-state index in [0.717, 1.165) is 0 Å². The zero-order valence-corrected chi connectivity index (χ0v) is 21.9. The molecular formula is C29H30N4O6. The average molecular weight is 531 g/mol. The molecule has 4 fully saturated rings. The van der Waals surface area contributed by atoms with Gasteiger partial charge in [-0.15, -0.1) is 0 Å². The Morgan fingerprint density at radius 3 is 1.51 bits per heavy atom. The first-order valence-electron chi connectivity index (χ1n) is 13.2. The summed E-state index contributed by atoms with van der Waals surface area (Å²) in [5.74, 6) is -4.06. The maximum absolute atomic E-state index is 13.7. The molecule has 4 aliphatic rings. The van der Waals surface area contributed by atoms with Gasteiger partial charge >= 0.3 is 6.09 Å². The minimum Gasteiger partial charge on any atom is -0.444 e. The lowest BCUT2D eigenvalue weighted by Crippen LogP contribution is -2.52. The molecule has 2 aromatic carbocycles. The molecule has 39 heavy (non-hydrogen) atoms. The summed E-state index contributed by atoms with van der Waals surface area (Å²) in [6, 6.07) is 13.0. The van der Waals surface area contributed by atoms with Gasteiger partial charge in [0, 0.05) is 35.0 Å². The van der Waals surface area contributed by atoms with Crippen LogP contribution in [0, 0.1) is 35.5 Å². The number of carbonyl (C=O) groups excluding carboxylic acids is 5. The summed E-state index contributed by atoms with van der Waals surface area (Å²) in [6.45, 7) is 5.28. The first kappa shape index (κ1) is 25.1. The maximum Gasteiger partial charge on any atom is 0.412 e. The summed E-state index contributed by atoms with van der Waals surface area (Å²) >= 11 is 0. The number of ether oxygens (including phenoxy) is 1. The van der Waals surface area contributed by atoms with Crippen LogP contribution in [0.4, 0.5) is 27.5 Å². The number of hydrogen-bond donors (Lipinski definition) is 2. The number of imide groups is 2. The number of anilines is 4. The Hall–Kier alpha value is -4.21. The summed E-state index contributed by atoms with van der Waals surface area (Å²) in [7, 11) is 0. The summed E-state index contributed by atoms with van der Waals surface area (Å²) in [5, 5.41) is 2.63. The molecule has 2 aliphatic carbocycles. The highest BCUT2D eigenvalue weighted by Gasteiger charge is 2.68. The van der Waals surface area contributed by atoms with E-state index >= 15 is 0 Å². The van der Waals surface area contributed by atoms with Crippen LogP contribution in [0.1, 0.15) is 33.6 Å². The number of benzene rings is 2. The molecule has 6 unspecified atom stereocenters. The molecule has 0 aromatic heterocycles. The number of amides is 5. The van der Waals surface area contributed by atoms with E-state index in [0.29, 0.717) is 35.6 Å². The van der Waals surface area contributed by atoms with E-state index < -0.39 is 35.4 Å². The molecule has 2 saturated carbocycles. The summed E-state index contributed by atoms with van der Waals surface area (Å²) < 4.78 is 5.26. The van der Waals surface area contributed by atoms with E-state index in [1.807, 2.05) is 0 Å². The largest absolute Gasteiger partial charge is 0.444 e. The minimum absolute atomic E-state index is 0.314. The van der Waals surface area contributed by atoms with Crippen LogP contribution in [-0.2, 0) is 23.9 Å². The van der Waals surface area contributed by atoms with Gasteiger partial charge < -0.3 is 10.5 Å². The molecule has 10 nitrogen and oxygen atoms in total. The number of nitrogens with two attached hydrogens (primary N) is 1. The minimum atomic E-state index is -0.652. The van der Waals surface area contributed by atoms with Crippen LogP contribution in [0.5, 0.6) is 0 Å². The van der Waals surface area contributed by atoms with Gasteiger partial charge in [-0.3, -0.25) is 34.3 Å². The van der Waals surface area contributed by atoms with Crippen LogP contribution in [0.3, 0.4) is 0 Å². The lowest BCUT2D eigenvalue weighted by Gasteiger charge is -2.36. The highest BCUT2D eigenvalue weighted by atomic mass is 16.6. The molecule has 0 spiro atoms. The second-order valence-electron chi connectivity index (χ2n) is 11.8. The fourth-order valence-corrected chi connectivity index (χ4v) is 7.00. The van der Waals surface area contributed by atoms with Crippen molar-refractivity contribution in [3.05, 3.63) is 48.5 Å². The van der Waals surface area contributed by atoms with Crippen molar-refractivity contribution in [1.29, 1.82) is 0 Å². The zero-order chi connectivity index (χ0) is 27.8. The first-order valence-corrected chi connectivity index (χ1v) is 13.2. The summed E-state index contributed by atoms with van der Waals surface area (Å²) in [4.78, 5) is 69.1. The number of nitrogen functional groups attached to an aromatic ring is 1. The first-order chi connectivity index (χ1) is 18.4. The number of fused-ring (bicyclic) bond motifs is 9. The second-order valence-corrected chi connectivity index (χ2v) is 11.8. The zero-order valence-electron chi connectivity index (χ0n) is 21.9. The van der Waals surface area contributed by atoms with Crippen molar-refractivity contribution in [2.24, 2.45) is 35.5 Å². The molecular weight excluding hydrogens is 500 g/mol. The van der Waals surface area contributed by atoms with Crippen LogP contribution in [0.2, 0.25) is 0 Å². The van der Waals surface area contributed by atoms with Crippen molar-refractivity contribution in [2.75, 3.05) is 20.9 Å². The van der Waals surface area contributed by atoms with E-state index in [4.69, 9.17) is 10.5 Å². The highest BCUT2D eigenvalue weighted by molar-refractivity contribution is 6.22. The van der Waals surface area contributed by atoms with Gasteiger partial charge in [0.1, 0.15) is 5.60 Å². The molecule has 2 heterocycles. The van der Waals surface area contributed by atoms with E-state index in [2.05, 4.69) is 5.32 Å². The number of carbonyl (C=O) groups is 5. The van der Waals surface area contributed by atoms with Crippen LogP contribution >= 0.6 is 0 Å². The maximum atomic E-state index is 13.7. The fraction of sp³-hybridized carbons (Fsp3) is 0.414. The molecule has 5 amide bonds. The van der Waals surface area contributed by atoms with E-state index in [-0.39, 0.29) is 35.5 Å². The Labute approximate surface area is 225 Å². The van der Waals surface area contributed by atoms with Gasteiger partial charge in [0.2, 0.25) is 23.6 Å². The van der Waals surface area contributed by atoms with Gasteiger partial charge in [0.05, 0.1) is 11.4 Å². The third-order valence-electron chi connectivity index (χ3n) is 8.39. The molecule has 6 atom stereocenters. The number of nitrogens with zero attached hydrogens (tertiary/aromatic N) is 2. The van der Waals surface area contributed by atoms with Gasteiger partial charge in [-0.2, -0.15) is 0 Å². The fourth-order valence-electron chi connectivity index (χ4n) is 7.00. The van der Waals surface area contributed by atoms with Crippen LogP contribution in [-0.4, -0.2) is 35.3 Å². The van der Waals surface area contributed by atoms with Crippen molar-refractivity contribution in [2.45, 2.75) is 39.2 Å². The van der Waals surface area contributed by atoms with Crippen LogP contribution < -0.4 is 20.9 Å². The quantitative estimate of drug-likeness (QED) is 0.351. The Balaban J connectivity index is 1.25. The normalized spacial score (nSPS) is 29.5. The van der Waals surface area contributed by atoms with Crippen molar-refractivity contribution in [3.8, 4) is 0 Å². The predicted octanol–water partition coefficient (Wildman–Crippen LogP) is 3.57. The molecule has 2 aromatic rings. The van der Waals surface area contributed by atoms with E-state index in [9.17, 15) is 24.0 Å². The standard InChI is InChI=1S/C29H30N4O6/c1-29(2,3)39-28(38)31-15-6-10-17(11-7-15)33-26(36)20-13-21(27(33)37)23-19-12-18(22(20)23)24(34)32(25(19)35)16-8-4-14(30)5-9-16/h4-11,18-23H,12-13,30H2,1-3H3,(H,31,38). The van der Waals surface area contributed by atoms with Crippen LogP contribution in [0.25, 0.3) is 0 Å². The number of nitrogens with one attached hydrogen (secondary N) is 1. The van der Waals surface area contributed by atoms with Crippen molar-refractivity contribution >= 4 is 52.5 Å².